The number of aliphatic hydroxyl groups is 1. The van der Waals surface area contributed by atoms with Crippen molar-refractivity contribution in [3.05, 3.63) is 88.1 Å². The number of carbonyl (C=O) groups excluding carboxylic acids is 2. The van der Waals surface area contributed by atoms with E-state index in [-0.39, 0.29) is 34.2 Å². The molecule has 1 fully saturated rings. The largest absolute Gasteiger partial charge is 0.507 e. The number of ether oxygens (including phenoxy) is 2. The van der Waals surface area contributed by atoms with Crippen LogP contribution in [0, 0.1) is 5.82 Å². The van der Waals surface area contributed by atoms with Gasteiger partial charge in [-0.25, -0.2) is 4.39 Å². The van der Waals surface area contributed by atoms with Crippen LogP contribution in [0.3, 0.4) is 0 Å². The van der Waals surface area contributed by atoms with E-state index < -0.39 is 29.3 Å². The first-order valence-corrected chi connectivity index (χ1v) is 10.2. The third-order valence-electron chi connectivity index (χ3n) is 5.36. The fraction of sp³-hybridized carbons (Fsp3) is 0.167. The molecule has 3 aromatic rings. The summed E-state index contributed by atoms with van der Waals surface area (Å²) in [5, 5.41) is 11.5. The maximum Gasteiger partial charge on any atom is 0.296 e. The van der Waals surface area contributed by atoms with E-state index in [9.17, 15) is 19.1 Å². The zero-order chi connectivity index (χ0) is 23.7. The molecular weight excluding hydrogens is 453 g/mol. The summed E-state index contributed by atoms with van der Waals surface area (Å²) < 4.78 is 29.5. The molecule has 170 valence electrons. The quantitative estimate of drug-likeness (QED) is 0.318. The Morgan fingerprint density at radius 2 is 1.82 bits per heavy atom. The summed E-state index contributed by atoms with van der Waals surface area (Å²) in [5.74, 6) is -1.83. The minimum atomic E-state index is -0.998. The summed E-state index contributed by atoms with van der Waals surface area (Å²) >= 11 is 6.16. The predicted molar refractivity (Wildman–Crippen MR) is 118 cm³/mol. The normalized spacial score (nSPS) is 17.5. The number of aliphatic hydroxyl groups excluding tert-OH is 1. The van der Waals surface area contributed by atoms with Crippen molar-refractivity contribution >= 4 is 29.1 Å². The molecule has 2 heterocycles. The number of likely N-dealkylation sites (tertiary alicyclic amines) is 1. The highest BCUT2D eigenvalue weighted by atomic mass is 35.5. The van der Waals surface area contributed by atoms with Gasteiger partial charge >= 0.3 is 0 Å². The topological polar surface area (TPSA) is 89.2 Å². The lowest BCUT2D eigenvalue weighted by atomic mass is 9.95. The SMILES string of the molecule is COc1cc(/C(O)=C2\C(=O)C(=O)N(Cc3ccco3)C2c2ccc(F)cc2)c(OC)cc1Cl. The molecule has 1 atom stereocenters. The van der Waals surface area contributed by atoms with Crippen molar-refractivity contribution in [1.82, 2.24) is 4.90 Å². The van der Waals surface area contributed by atoms with Gasteiger partial charge in [0.1, 0.15) is 28.8 Å². The fourth-order valence-corrected chi connectivity index (χ4v) is 4.03. The van der Waals surface area contributed by atoms with Crippen LogP contribution in [0.4, 0.5) is 4.39 Å². The number of amides is 1. The molecule has 33 heavy (non-hydrogen) atoms. The third kappa shape index (κ3) is 4.05. The Morgan fingerprint density at radius 3 is 2.42 bits per heavy atom. The van der Waals surface area contributed by atoms with Gasteiger partial charge in [-0.15, -0.1) is 0 Å². The molecule has 1 saturated heterocycles. The number of rotatable bonds is 6. The maximum atomic E-state index is 13.6. The van der Waals surface area contributed by atoms with Crippen LogP contribution in [-0.4, -0.2) is 35.9 Å². The van der Waals surface area contributed by atoms with Crippen molar-refractivity contribution in [3.63, 3.8) is 0 Å². The van der Waals surface area contributed by atoms with Gasteiger partial charge in [-0.1, -0.05) is 23.7 Å². The van der Waals surface area contributed by atoms with Crippen LogP contribution < -0.4 is 9.47 Å². The first kappa shape index (κ1) is 22.4. The molecule has 0 saturated carbocycles. The van der Waals surface area contributed by atoms with Crippen LogP contribution in [0.15, 0.2) is 64.8 Å². The van der Waals surface area contributed by atoms with E-state index >= 15 is 0 Å². The van der Waals surface area contributed by atoms with Gasteiger partial charge in [-0.3, -0.25) is 9.59 Å². The molecule has 1 amide bonds. The Balaban J connectivity index is 1.92. The molecule has 2 aromatic carbocycles. The number of methoxy groups -OCH3 is 2. The van der Waals surface area contributed by atoms with E-state index in [4.69, 9.17) is 25.5 Å². The lowest BCUT2D eigenvalue weighted by molar-refractivity contribution is -0.140. The zero-order valence-corrected chi connectivity index (χ0v) is 18.4. The summed E-state index contributed by atoms with van der Waals surface area (Å²) in [4.78, 5) is 27.4. The number of hydrogen-bond donors (Lipinski definition) is 1. The highest BCUT2D eigenvalue weighted by molar-refractivity contribution is 6.46. The van der Waals surface area contributed by atoms with E-state index in [0.717, 1.165) is 0 Å². The second-order valence-corrected chi connectivity index (χ2v) is 7.65. The standard InChI is InChI=1S/C24H19ClFNO6/c1-31-18-11-17(25)19(32-2)10-16(18)22(28)20-21(13-5-7-14(26)8-6-13)27(24(30)23(20)29)12-15-4-3-9-33-15/h3-11,21,28H,12H2,1-2H3/b22-20+. The van der Waals surface area contributed by atoms with Gasteiger partial charge in [0.15, 0.2) is 0 Å². The highest BCUT2D eigenvalue weighted by Gasteiger charge is 2.46. The number of nitrogens with zero attached hydrogens (tertiary/aromatic N) is 1. The van der Waals surface area contributed by atoms with Crippen molar-refractivity contribution < 1.29 is 33.0 Å². The molecule has 9 heteroatoms. The molecule has 0 radical (unpaired) electrons. The van der Waals surface area contributed by atoms with Gasteiger partial charge in [0.25, 0.3) is 11.7 Å². The van der Waals surface area contributed by atoms with E-state index in [0.29, 0.717) is 11.3 Å². The Kier molecular flexibility index (Phi) is 6.11. The number of hydrogen-bond acceptors (Lipinski definition) is 6. The molecular formula is C24H19ClFNO6. The van der Waals surface area contributed by atoms with Crippen molar-refractivity contribution in [2.45, 2.75) is 12.6 Å². The summed E-state index contributed by atoms with van der Waals surface area (Å²) in [7, 11) is 2.78. The second-order valence-electron chi connectivity index (χ2n) is 7.24. The van der Waals surface area contributed by atoms with Crippen molar-refractivity contribution in [1.29, 1.82) is 0 Å². The zero-order valence-electron chi connectivity index (χ0n) is 17.7. The van der Waals surface area contributed by atoms with E-state index in [1.807, 2.05) is 0 Å². The lowest BCUT2D eigenvalue weighted by Crippen LogP contribution is -2.29. The Labute approximate surface area is 193 Å². The lowest BCUT2D eigenvalue weighted by Gasteiger charge is -2.24. The molecule has 1 aromatic heterocycles. The van der Waals surface area contributed by atoms with Crippen LogP contribution >= 0.6 is 11.6 Å². The number of ketones is 1. The highest BCUT2D eigenvalue weighted by Crippen LogP contribution is 2.43. The van der Waals surface area contributed by atoms with Crippen LogP contribution in [0.1, 0.15) is 22.9 Å². The molecule has 4 rings (SSSR count). The Bertz CT molecular complexity index is 1240. The number of Topliss-reactive ketones (excluding diaryl/α,β-unsaturated/α-hetero) is 1. The minimum Gasteiger partial charge on any atom is -0.507 e. The summed E-state index contributed by atoms with van der Waals surface area (Å²) in [5.41, 5.74) is 0.367. The number of benzene rings is 2. The van der Waals surface area contributed by atoms with Crippen LogP contribution in [0.5, 0.6) is 11.5 Å². The maximum absolute atomic E-state index is 13.6. The van der Waals surface area contributed by atoms with Gasteiger partial charge in [0.2, 0.25) is 0 Å². The van der Waals surface area contributed by atoms with Crippen molar-refractivity contribution in [3.8, 4) is 11.5 Å². The minimum absolute atomic E-state index is 0.0303. The number of halogens is 2. The monoisotopic (exact) mass is 471 g/mol. The first-order valence-electron chi connectivity index (χ1n) is 9.83. The molecule has 1 aliphatic heterocycles. The summed E-state index contributed by atoms with van der Waals surface area (Å²) in [6.07, 6.45) is 1.45. The van der Waals surface area contributed by atoms with Gasteiger partial charge in [0.05, 0.1) is 49.2 Å². The molecule has 1 unspecified atom stereocenters. The van der Waals surface area contributed by atoms with E-state index in [1.54, 1.807) is 12.1 Å². The molecule has 1 aliphatic rings. The van der Waals surface area contributed by atoms with Crippen LogP contribution in [0.2, 0.25) is 5.02 Å². The average molecular weight is 472 g/mol. The first-order chi connectivity index (χ1) is 15.8. The molecule has 0 aliphatic carbocycles. The van der Waals surface area contributed by atoms with Crippen LogP contribution in [-0.2, 0) is 16.1 Å². The molecule has 1 N–H and O–H groups in total. The fourth-order valence-electron chi connectivity index (χ4n) is 3.80. The van der Waals surface area contributed by atoms with Crippen molar-refractivity contribution in [2.75, 3.05) is 14.2 Å². The number of furan rings is 1. The summed E-state index contributed by atoms with van der Waals surface area (Å²) in [6.45, 7) is -0.0303. The van der Waals surface area contributed by atoms with E-state index in [2.05, 4.69) is 0 Å². The van der Waals surface area contributed by atoms with Gasteiger partial charge in [0, 0.05) is 6.07 Å². The predicted octanol–water partition coefficient (Wildman–Crippen LogP) is 4.71. The molecule has 7 nitrogen and oxygen atoms in total. The molecule has 0 bridgehead atoms. The van der Waals surface area contributed by atoms with Crippen molar-refractivity contribution in [2.24, 2.45) is 0 Å². The van der Waals surface area contributed by atoms with Crippen LogP contribution in [0.25, 0.3) is 5.76 Å². The average Bonchev–Trinajstić information content (AvgIpc) is 3.41. The van der Waals surface area contributed by atoms with Gasteiger partial charge in [-0.2, -0.15) is 0 Å². The second kappa shape index (κ2) is 8.99. The number of carbonyl (C=O) groups is 2. The van der Waals surface area contributed by atoms with Gasteiger partial charge < -0.3 is 23.9 Å². The van der Waals surface area contributed by atoms with E-state index in [1.165, 1.54) is 61.8 Å². The van der Waals surface area contributed by atoms with Gasteiger partial charge in [-0.05, 0) is 35.9 Å². The third-order valence-corrected chi connectivity index (χ3v) is 5.66. The molecule has 0 spiro atoms. The smallest absolute Gasteiger partial charge is 0.296 e. The Morgan fingerprint density at radius 1 is 1.12 bits per heavy atom. The summed E-state index contributed by atoms with van der Waals surface area (Å²) in [6, 6.07) is 10.5. The Hall–Kier alpha value is -3.78.